The molecule has 0 spiro atoms. The largest absolute Gasteiger partial charge is 0.382 e. The van der Waals surface area contributed by atoms with E-state index < -0.39 is 0 Å². The molecule has 4 rings (SSSR count). The number of hydrogen-bond donors (Lipinski definition) is 4. The first-order valence-corrected chi connectivity index (χ1v) is 9.93. The molecule has 7 heteroatoms. The smallest absolute Gasteiger partial charge is 0.273 e. The van der Waals surface area contributed by atoms with E-state index in [2.05, 4.69) is 51.0 Å². The molecule has 0 fully saturated rings. The zero-order valence-corrected chi connectivity index (χ0v) is 16.3. The number of aliphatic imine (C=N–C) groups is 2. The second kappa shape index (κ2) is 8.55. The van der Waals surface area contributed by atoms with Crippen LogP contribution >= 0.6 is 0 Å². The fourth-order valence-electron chi connectivity index (χ4n) is 3.94. The number of fused-ring (bicyclic) bond motifs is 1. The summed E-state index contributed by atoms with van der Waals surface area (Å²) in [5.41, 5.74) is 16.6. The van der Waals surface area contributed by atoms with E-state index in [9.17, 15) is 4.79 Å². The lowest BCUT2D eigenvalue weighted by atomic mass is 9.84. The Morgan fingerprint density at radius 2 is 2.07 bits per heavy atom. The first-order chi connectivity index (χ1) is 14.2. The molecule has 1 aromatic rings. The molecular formula is C22H26N6O. The van der Waals surface area contributed by atoms with Crippen LogP contribution in [0.1, 0.15) is 17.5 Å². The van der Waals surface area contributed by atoms with Gasteiger partial charge in [-0.3, -0.25) is 14.8 Å². The molecule has 1 amide bonds. The number of benzene rings is 1. The van der Waals surface area contributed by atoms with Gasteiger partial charge in [-0.1, -0.05) is 48.6 Å². The first-order valence-electron chi connectivity index (χ1n) is 9.93. The molecule has 0 radical (unpaired) electrons. The van der Waals surface area contributed by atoms with Crippen LogP contribution in [0.15, 0.2) is 64.1 Å². The normalized spacial score (nSPS) is 23.3. The fourth-order valence-corrected chi connectivity index (χ4v) is 3.94. The highest BCUT2D eigenvalue weighted by Crippen LogP contribution is 2.31. The van der Waals surface area contributed by atoms with E-state index in [1.54, 1.807) is 0 Å². The van der Waals surface area contributed by atoms with Crippen LogP contribution in [-0.4, -0.2) is 49.2 Å². The number of nitrogens with one attached hydrogen (secondary N) is 2. The average Bonchev–Trinajstić information content (AvgIpc) is 2.77. The van der Waals surface area contributed by atoms with Gasteiger partial charge in [-0.25, -0.2) is 0 Å². The topological polar surface area (TPSA) is 118 Å². The minimum absolute atomic E-state index is 0.0531. The molecule has 1 aromatic carbocycles. The van der Waals surface area contributed by atoms with Crippen molar-refractivity contribution in [1.82, 2.24) is 10.6 Å². The number of carbonyl (C=O) groups is 1. The minimum Gasteiger partial charge on any atom is -0.382 e. The van der Waals surface area contributed by atoms with Crippen LogP contribution < -0.4 is 22.1 Å². The van der Waals surface area contributed by atoms with Gasteiger partial charge in [-0.15, -0.1) is 0 Å². The number of nitrogens with zero attached hydrogens (tertiary/aromatic N) is 2. The molecule has 3 aliphatic rings. The van der Waals surface area contributed by atoms with Crippen molar-refractivity contribution in [1.29, 1.82) is 0 Å². The van der Waals surface area contributed by atoms with Gasteiger partial charge in [-0.05, 0) is 28.7 Å². The number of amidine groups is 1. The number of allylic oxidation sites excluding steroid dienone is 2. The number of amides is 1. The zero-order chi connectivity index (χ0) is 20.2. The number of nitrogens with two attached hydrogens (primary N) is 2. The van der Waals surface area contributed by atoms with Crippen LogP contribution in [0.3, 0.4) is 0 Å². The summed E-state index contributed by atoms with van der Waals surface area (Å²) in [7, 11) is 0. The second-order valence-electron chi connectivity index (χ2n) is 7.27. The van der Waals surface area contributed by atoms with E-state index >= 15 is 0 Å². The van der Waals surface area contributed by atoms with Crippen molar-refractivity contribution in [3.8, 4) is 0 Å². The molecule has 2 unspecified atom stereocenters. The Bertz CT molecular complexity index is 956. The Morgan fingerprint density at radius 1 is 1.24 bits per heavy atom. The van der Waals surface area contributed by atoms with Gasteiger partial charge in [0.15, 0.2) is 5.71 Å². The summed E-state index contributed by atoms with van der Waals surface area (Å²) in [6.45, 7) is 1.89. The molecule has 0 bridgehead atoms. The van der Waals surface area contributed by atoms with Crippen molar-refractivity contribution in [2.75, 3.05) is 19.6 Å². The molecule has 2 atom stereocenters. The lowest BCUT2D eigenvalue weighted by molar-refractivity contribution is -0.114. The Labute approximate surface area is 170 Å². The maximum Gasteiger partial charge on any atom is 0.273 e. The van der Waals surface area contributed by atoms with Gasteiger partial charge in [-0.2, -0.15) is 0 Å². The molecule has 0 saturated heterocycles. The van der Waals surface area contributed by atoms with E-state index in [0.717, 1.165) is 23.1 Å². The van der Waals surface area contributed by atoms with Crippen molar-refractivity contribution in [2.24, 2.45) is 21.5 Å². The molecule has 29 heavy (non-hydrogen) atoms. The predicted octanol–water partition coefficient (Wildman–Crippen LogP) is 0.683. The third kappa shape index (κ3) is 4.06. The Kier molecular flexibility index (Phi) is 5.69. The standard InChI is InChI=1S/C22H26N6O/c23-12-15-6-1-3-7-16(15)17-11-14-5-2-4-8-18(14)28-19(17)13-27-22(29)20-21(24)26-10-9-25-20/h1-7,11,18-19,28H,8-10,12-13,23H2,(H2,24,26)(H,27,29). The predicted molar refractivity (Wildman–Crippen MR) is 117 cm³/mol. The van der Waals surface area contributed by atoms with Gasteiger partial charge in [0.05, 0.1) is 19.1 Å². The van der Waals surface area contributed by atoms with Crippen LogP contribution in [0.4, 0.5) is 0 Å². The highest BCUT2D eigenvalue weighted by molar-refractivity contribution is 6.66. The van der Waals surface area contributed by atoms with Gasteiger partial charge < -0.3 is 22.1 Å². The highest BCUT2D eigenvalue weighted by atomic mass is 16.1. The van der Waals surface area contributed by atoms with Crippen molar-refractivity contribution in [2.45, 2.75) is 25.0 Å². The maximum atomic E-state index is 12.6. The Hall–Kier alpha value is -3.03. The summed E-state index contributed by atoms with van der Waals surface area (Å²) < 4.78 is 0. The van der Waals surface area contributed by atoms with Gasteiger partial charge in [0.1, 0.15) is 5.84 Å². The molecule has 6 N–H and O–H groups in total. The maximum absolute atomic E-state index is 12.6. The molecule has 2 aliphatic heterocycles. The summed E-state index contributed by atoms with van der Waals surface area (Å²) >= 11 is 0. The third-order valence-electron chi connectivity index (χ3n) is 5.42. The summed E-state index contributed by atoms with van der Waals surface area (Å²) in [6, 6.07) is 8.31. The Balaban J connectivity index is 1.59. The zero-order valence-electron chi connectivity index (χ0n) is 16.3. The fraction of sp³-hybridized carbons (Fsp3) is 0.318. The summed E-state index contributed by atoms with van der Waals surface area (Å²) in [6.07, 6.45) is 9.52. The van der Waals surface area contributed by atoms with E-state index in [1.165, 1.54) is 5.57 Å². The lowest BCUT2D eigenvalue weighted by Crippen LogP contribution is -2.51. The second-order valence-corrected chi connectivity index (χ2v) is 7.27. The Morgan fingerprint density at radius 3 is 2.90 bits per heavy atom. The molecule has 0 saturated carbocycles. The van der Waals surface area contributed by atoms with Gasteiger partial charge in [0.25, 0.3) is 5.91 Å². The number of rotatable bonds is 5. The van der Waals surface area contributed by atoms with Crippen molar-refractivity contribution in [3.63, 3.8) is 0 Å². The van der Waals surface area contributed by atoms with E-state index in [0.29, 0.717) is 26.2 Å². The van der Waals surface area contributed by atoms with E-state index in [4.69, 9.17) is 11.5 Å². The molecule has 0 aromatic heterocycles. The highest BCUT2D eigenvalue weighted by Gasteiger charge is 2.29. The third-order valence-corrected chi connectivity index (χ3v) is 5.42. The lowest BCUT2D eigenvalue weighted by Gasteiger charge is -2.35. The van der Waals surface area contributed by atoms with Crippen LogP contribution in [0, 0.1) is 0 Å². The van der Waals surface area contributed by atoms with Crippen LogP contribution in [0.25, 0.3) is 5.57 Å². The van der Waals surface area contributed by atoms with E-state index in [-0.39, 0.29) is 29.5 Å². The summed E-state index contributed by atoms with van der Waals surface area (Å²) in [5.74, 6) is -0.0821. The molecular weight excluding hydrogens is 364 g/mol. The average molecular weight is 390 g/mol. The minimum atomic E-state index is -0.288. The number of hydrogen-bond acceptors (Lipinski definition) is 6. The molecule has 2 heterocycles. The summed E-state index contributed by atoms with van der Waals surface area (Å²) in [5, 5.41) is 6.66. The molecule has 1 aliphatic carbocycles. The van der Waals surface area contributed by atoms with Crippen LogP contribution in [-0.2, 0) is 11.3 Å². The quantitative estimate of drug-likeness (QED) is 0.591. The monoisotopic (exact) mass is 390 g/mol. The van der Waals surface area contributed by atoms with Crippen LogP contribution in [0.2, 0.25) is 0 Å². The summed E-state index contributed by atoms with van der Waals surface area (Å²) in [4.78, 5) is 20.9. The number of carbonyl (C=O) groups excluding carboxylic acids is 1. The van der Waals surface area contributed by atoms with Gasteiger partial charge in [0, 0.05) is 19.1 Å². The van der Waals surface area contributed by atoms with Crippen molar-refractivity contribution in [3.05, 3.63) is 65.3 Å². The van der Waals surface area contributed by atoms with Gasteiger partial charge >= 0.3 is 0 Å². The van der Waals surface area contributed by atoms with Crippen molar-refractivity contribution < 1.29 is 4.79 Å². The van der Waals surface area contributed by atoms with Gasteiger partial charge in [0.2, 0.25) is 0 Å². The van der Waals surface area contributed by atoms with Crippen LogP contribution in [0.5, 0.6) is 0 Å². The van der Waals surface area contributed by atoms with Crippen molar-refractivity contribution >= 4 is 23.0 Å². The van der Waals surface area contributed by atoms with E-state index in [1.807, 2.05) is 18.2 Å². The molecule has 150 valence electrons. The SMILES string of the molecule is NCc1ccccc1C1=CC2=CC=CCC2NC1CNC(=O)C1=NCCN=C1N. The first kappa shape index (κ1) is 19.3. The molecule has 7 nitrogen and oxygen atoms in total.